The Bertz CT molecular complexity index is 581. The van der Waals surface area contributed by atoms with Crippen LogP contribution in [0.5, 0.6) is 0 Å². The Hall–Kier alpha value is -1.44. The smallest absolute Gasteiger partial charge is 0.223 e. The summed E-state index contributed by atoms with van der Waals surface area (Å²) in [5, 5.41) is 6.50. The van der Waals surface area contributed by atoms with E-state index >= 15 is 0 Å². The topological polar surface area (TPSA) is 76.3 Å². The van der Waals surface area contributed by atoms with Crippen molar-refractivity contribution >= 4 is 33.3 Å². The molecule has 0 aromatic carbocycles. The lowest BCUT2D eigenvalue weighted by Gasteiger charge is -2.29. The van der Waals surface area contributed by atoms with Crippen molar-refractivity contribution in [3.05, 3.63) is 11.4 Å². The summed E-state index contributed by atoms with van der Waals surface area (Å²) < 4.78 is 5.36. The molecule has 1 unspecified atom stereocenters. The number of morpholine rings is 1. The van der Waals surface area contributed by atoms with Crippen LogP contribution in [0.2, 0.25) is 0 Å². The van der Waals surface area contributed by atoms with Gasteiger partial charge in [-0.3, -0.25) is 4.90 Å². The minimum atomic E-state index is 0.297. The summed E-state index contributed by atoms with van der Waals surface area (Å²) >= 11 is 1.58. The molecule has 0 amide bonds. The lowest BCUT2D eigenvalue weighted by atomic mass is 10.2. The second-order valence-corrected chi connectivity index (χ2v) is 5.92. The minimum absolute atomic E-state index is 0.297. The zero-order chi connectivity index (χ0) is 13.9. The number of nitrogens with one attached hydrogen (secondary N) is 1. The number of anilines is 2. The van der Waals surface area contributed by atoms with Crippen LogP contribution in [0.25, 0.3) is 10.2 Å². The largest absolute Gasteiger partial charge is 0.379 e. The average Bonchev–Trinajstić information content (AvgIpc) is 2.88. The number of rotatable bonds is 4. The highest BCUT2D eigenvalue weighted by Gasteiger charge is 2.15. The summed E-state index contributed by atoms with van der Waals surface area (Å²) in [6.45, 7) is 6.76. The lowest BCUT2D eigenvalue weighted by molar-refractivity contribution is 0.0368. The first kappa shape index (κ1) is 13.5. The van der Waals surface area contributed by atoms with Gasteiger partial charge in [-0.2, -0.15) is 4.98 Å². The van der Waals surface area contributed by atoms with Gasteiger partial charge in [-0.1, -0.05) is 0 Å². The third-order valence-electron chi connectivity index (χ3n) is 3.36. The molecular weight excluding hydrogens is 274 g/mol. The molecule has 2 aromatic rings. The number of hydrogen-bond acceptors (Lipinski definition) is 7. The van der Waals surface area contributed by atoms with Gasteiger partial charge in [0.2, 0.25) is 5.95 Å². The van der Waals surface area contributed by atoms with E-state index in [2.05, 4.69) is 27.1 Å². The van der Waals surface area contributed by atoms with Crippen LogP contribution in [-0.4, -0.2) is 53.8 Å². The van der Waals surface area contributed by atoms with E-state index in [-0.39, 0.29) is 0 Å². The Kier molecular flexibility index (Phi) is 4.00. The van der Waals surface area contributed by atoms with Gasteiger partial charge < -0.3 is 15.8 Å². The molecule has 1 fully saturated rings. The number of nitrogen functional groups attached to an aromatic ring is 1. The number of nitrogens with zero attached hydrogens (tertiary/aromatic N) is 3. The quantitative estimate of drug-likeness (QED) is 0.887. The molecular formula is C13H19N5OS. The molecule has 0 spiro atoms. The van der Waals surface area contributed by atoms with Crippen molar-refractivity contribution in [2.45, 2.75) is 13.0 Å². The number of thiophene rings is 1. The summed E-state index contributed by atoms with van der Waals surface area (Å²) in [7, 11) is 0. The molecule has 1 aliphatic rings. The van der Waals surface area contributed by atoms with E-state index < -0.39 is 0 Å². The van der Waals surface area contributed by atoms with Crippen LogP contribution in [0, 0.1) is 0 Å². The van der Waals surface area contributed by atoms with Gasteiger partial charge in [0.1, 0.15) is 10.6 Å². The fourth-order valence-corrected chi connectivity index (χ4v) is 3.20. The summed E-state index contributed by atoms with van der Waals surface area (Å²) in [5.41, 5.74) is 5.76. The number of hydrogen-bond donors (Lipinski definition) is 2. The van der Waals surface area contributed by atoms with E-state index in [1.807, 2.05) is 11.4 Å². The molecule has 2 aromatic heterocycles. The standard InChI is InChI=1S/C13H19N5OS/c1-9(8-18-3-5-19-6-4-18)15-11-10-2-7-20-12(10)17-13(14)16-11/h2,7,9H,3-6,8H2,1H3,(H3,14,15,16,17). The summed E-state index contributed by atoms with van der Waals surface area (Å²) in [6, 6.07) is 2.33. The highest BCUT2D eigenvalue weighted by Crippen LogP contribution is 2.26. The third-order valence-corrected chi connectivity index (χ3v) is 4.17. The minimum Gasteiger partial charge on any atom is -0.379 e. The molecule has 1 saturated heterocycles. The molecule has 108 valence electrons. The van der Waals surface area contributed by atoms with E-state index in [4.69, 9.17) is 10.5 Å². The lowest BCUT2D eigenvalue weighted by Crippen LogP contribution is -2.42. The maximum atomic E-state index is 5.76. The van der Waals surface area contributed by atoms with Crippen molar-refractivity contribution in [2.24, 2.45) is 0 Å². The molecule has 3 rings (SSSR count). The SMILES string of the molecule is CC(CN1CCOCC1)Nc1nc(N)nc2sccc12. The summed E-state index contributed by atoms with van der Waals surface area (Å²) in [5.74, 6) is 1.15. The molecule has 0 bridgehead atoms. The van der Waals surface area contributed by atoms with Gasteiger partial charge in [0.25, 0.3) is 0 Å². The van der Waals surface area contributed by atoms with E-state index in [9.17, 15) is 0 Å². The molecule has 3 N–H and O–H groups in total. The molecule has 7 heteroatoms. The molecule has 20 heavy (non-hydrogen) atoms. The number of ether oxygens (including phenoxy) is 1. The Morgan fingerprint density at radius 1 is 1.45 bits per heavy atom. The Labute approximate surface area is 122 Å². The van der Waals surface area contributed by atoms with Crippen LogP contribution < -0.4 is 11.1 Å². The maximum Gasteiger partial charge on any atom is 0.223 e. The summed E-state index contributed by atoms with van der Waals surface area (Å²) in [6.07, 6.45) is 0. The highest BCUT2D eigenvalue weighted by atomic mass is 32.1. The van der Waals surface area contributed by atoms with Crippen LogP contribution in [0.15, 0.2) is 11.4 Å². The predicted octanol–water partition coefficient (Wildman–Crippen LogP) is 1.41. The molecule has 0 saturated carbocycles. The van der Waals surface area contributed by atoms with Crippen molar-refractivity contribution in [1.82, 2.24) is 14.9 Å². The molecule has 0 radical (unpaired) electrons. The highest BCUT2D eigenvalue weighted by molar-refractivity contribution is 7.16. The van der Waals surface area contributed by atoms with E-state index in [1.165, 1.54) is 0 Å². The molecule has 1 atom stereocenters. The first-order chi connectivity index (χ1) is 9.72. The van der Waals surface area contributed by atoms with Gasteiger partial charge in [-0.05, 0) is 18.4 Å². The van der Waals surface area contributed by atoms with Crippen molar-refractivity contribution in [1.29, 1.82) is 0 Å². The van der Waals surface area contributed by atoms with Crippen molar-refractivity contribution in [3.63, 3.8) is 0 Å². The fourth-order valence-electron chi connectivity index (χ4n) is 2.43. The normalized spacial score (nSPS) is 18.2. The van der Waals surface area contributed by atoms with Gasteiger partial charge in [-0.15, -0.1) is 11.3 Å². The zero-order valence-electron chi connectivity index (χ0n) is 11.5. The first-order valence-corrected chi connectivity index (χ1v) is 7.67. The predicted molar refractivity (Wildman–Crippen MR) is 82.2 cm³/mol. The van der Waals surface area contributed by atoms with Crippen molar-refractivity contribution in [2.75, 3.05) is 43.9 Å². The van der Waals surface area contributed by atoms with Crippen molar-refractivity contribution < 1.29 is 4.74 Å². The second-order valence-electron chi connectivity index (χ2n) is 5.03. The first-order valence-electron chi connectivity index (χ1n) is 6.80. The fraction of sp³-hybridized carbons (Fsp3) is 0.538. The van der Waals surface area contributed by atoms with E-state index in [1.54, 1.807) is 11.3 Å². The van der Waals surface area contributed by atoms with E-state index in [0.29, 0.717) is 12.0 Å². The maximum absolute atomic E-state index is 5.76. The van der Waals surface area contributed by atoms with Gasteiger partial charge in [0, 0.05) is 25.7 Å². The van der Waals surface area contributed by atoms with Gasteiger partial charge in [-0.25, -0.2) is 4.98 Å². The number of aromatic nitrogens is 2. The van der Waals surface area contributed by atoms with Gasteiger partial charge in [0.05, 0.1) is 18.6 Å². The molecule has 0 aliphatic carbocycles. The van der Waals surface area contributed by atoms with Crippen LogP contribution in [0.4, 0.5) is 11.8 Å². The van der Waals surface area contributed by atoms with Crippen LogP contribution in [0.1, 0.15) is 6.92 Å². The molecule has 3 heterocycles. The van der Waals surface area contributed by atoms with Crippen LogP contribution in [-0.2, 0) is 4.74 Å². The monoisotopic (exact) mass is 293 g/mol. The summed E-state index contributed by atoms with van der Waals surface area (Å²) in [4.78, 5) is 11.9. The molecule has 1 aliphatic heterocycles. The van der Waals surface area contributed by atoms with Crippen molar-refractivity contribution in [3.8, 4) is 0 Å². The van der Waals surface area contributed by atoms with Gasteiger partial charge >= 0.3 is 0 Å². The Morgan fingerprint density at radius 3 is 3.05 bits per heavy atom. The Morgan fingerprint density at radius 2 is 2.25 bits per heavy atom. The van der Waals surface area contributed by atoms with Gasteiger partial charge in [0.15, 0.2) is 0 Å². The zero-order valence-corrected chi connectivity index (χ0v) is 12.3. The third kappa shape index (κ3) is 3.00. The van der Waals surface area contributed by atoms with Crippen LogP contribution in [0.3, 0.4) is 0 Å². The van der Waals surface area contributed by atoms with Crippen LogP contribution >= 0.6 is 11.3 Å². The Balaban J connectivity index is 1.70. The number of nitrogens with two attached hydrogens (primary N) is 1. The van der Waals surface area contributed by atoms with E-state index in [0.717, 1.165) is 48.9 Å². The average molecular weight is 293 g/mol. The molecule has 6 nitrogen and oxygen atoms in total. The number of fused-ring (bicyclic) bond motifs is 1. The second kappa shape index (κ2) is 5.90.